The predicted molar refractivity (Wildman–Crippen MR) is 74.0 cm³/mol. The highest BCUT2D eigenvalue weighted by molar-refractivity contribution is 9.10. The van der Waals surface area contributed by atoms with Gasteiger partial charge >= 0.3 is 0 Å². The zero-order valence-electron chi connectivity index (χ0n) is 9.73. The molecule has 2 aromatic rings. The number of aryl methyl sites for hydroxylation is 1. The van der Waals surface area contributed by atoms with Gasteiger partial charge in [-0.2, -0.15) is 0 Å². The molecule has 0 radical (unpaired) electrons. The molecule has 0 aliphatic carbocycles. The third-order valence-electron chi connectivity index (χ3n) is 2.87. The van der Waals surface area contributed by atoms with E-state index < -0.39 is 6.10 Å². The number of hydrogen-bond acceptors (Lipinski definition) is 1. The topological polar surface area (TPSA) is 20.2 Å². The minimum atomic E-state index is -0.449. The molecule has 2 aromatic carbocycles. The van der Waals surface area contributed by atoms with Crippen molar-refractivity contribution >= 4 is 15.9 Å². The second-order valence-electron chi connectivity index (χ2n) is 4.21. The van der Waals surface area contributed by atoms with Crippen LogP contribution in [0, 0.1) is 6.92 Å². The van der Waals surface area contributed by atoms with Crippen LogP contribution >= 0.6 is 15.9 Å². The van der Waals surface area contributed by atoms with Crippen molar-refractivity contribution in [2.45, 2.75) is 19.4 Å². The average molecular weight is 291 g/mol. The molecule has 0 amide bonds. The first kappa shape index (κ1) is 12.3. The molecule has 0 aliphatic heterocycles. The summed E-state index contributed by atoms with van der Waals surface area (Å²) in [5.74, 6) is 0. The Hall–Kier alpha value is -1.12. The number of benzene rings is 2. The van der Waals surface area contributed by atoms with Gasteiger partial charge in [0.1, 0.15) is 0 Å². The van der Waals surface area contributed by atoms with Crippen molar-refractivity contribution in [2.24, 2.45) is 0 Å². The zero-order chi connectivity index (χ0) is 12.3. The van der Waals surface area contributed by atoms with E-state index in [0.29, 0.717) is 6.42 Å². The predicted octanol–water partition coefficient (Wildman–Crippen LogP) is 4.03. The lowest BCUT2D eigenvalue weighted by atomic mass is 9.98. The minimum Gasteiger partial charge on any atom is -0.388 e. The number of hydrogen-bond donors (Lipinski definition) is 1. The Morgan fingerprint density at radius 2 is 1.82 bits per heavy atom. The molecular weight excluding hydrogens is 276 g/mol. The Morgan fingerprint density at radius 1 is 1.12 bits per heavy atom. The summed E-state index contributed by atoms with van der Waals surface area (Å²) < 4.78 is 1.00. The Morgan fingerprint density at radius 3 is 2.53 bits per heavy atom. The minimum absolute atomic E-state index is 0.449. The molecule has 0 saturated carbocycles. The zero-order valence-corrected chi connectivity index (χ0v) is 11.3. The molecule has 2 rings (SSSR count). The summed E-state index contributed by atoms with van der Waals surface area (Å²) in [5.41, 5.74) is 3.26. The molecular formula is C15H15BrO. The van der Waals surface area contributed by atoms with Gasteiger partial charge in [0.25, 0.3) is 0 Å². The summed E-state index contributed by atoms with van der Waals surface area (Å²) in [5, 5.41) is 10.3. The van der Waals surface area contributed by atoms with Crippen LogP contribution in [-0.4, -0.2) is 5.11 Å². The van der Waals surface area contributed by atoms with E-state index in [1.165, 1.54) is 0 Å². The van der Waals surface area contributed by atoms with Crippen LogP contribution in [0.25, 0.3) is 0 Å². The Kier molecular flexibility index (Phi) is 3.97. The van der Waals surface area contributed by atoms with E-state index >= 15 is 0 Å². The summed E-state index contributed by atoms with van der Waals surface area (Å²) in [7, 11) is 0. The van der Waals surface area contributed by atoms with Crippen molar-refractivity contribution in [1.29, 1.82) is 0 Å². The highest BCUT2D eigenvalue weighted by Gasteiger charge is 2.11. The first-order valence-electron chi connectivity index (χ1n) is 5.65. The molecule has 1 nitrogen and oxygen atoms in total. The number of halogens is 1. The van der Waals surface area contributed by atoms with Gasteiger partial charge in [-0.3, -0.25) is 0 Å². The van der Waals surface area contributed by atoms with Gasteiger partial charge in [0.05, 0.1) is 6.10 Å². The Balaban J connectivity index is 2.20. The molecule has 0 spiro atoms. The fourth-order valence-electron chi connectivity index (χ4n) is 1.92. The first-order valence-corrected chi connectivity index (χ1v) is 6.44. The summed E-state index contributed by atoms with van der Waals surface area (Å²) in [6.45, 7) is 2.02. The standard InChI is InChI=1S/C15H15BrO/c1-11-7-8-13(16)10-14(11)15(17)9-12-5-3-2-4-6-12/h2-8,10,15,17H,9H2,1H3. The normalized spacial score (nSPS) is 12.4. The average Bonchev–Trinajstić information content (AvgIpc) is 2.33. The molecule has 88 valence electrons. The molecule has 17 heavy (non-hydrogen) atoms. The van der Waals surface area contributed by atoms with Crippen LogP contribution in [-0.2, 0) is 6.42 Å². The lowest BCUT2D eigenvalue weighted by molar-refractivity contribution is 0.177. The third kappa shape index (κ3) is 3.18. The monoisotopic (exact) mass is 290 g/mol. The van der Waals surface area contributed by atoms with Crippen molar-refractivity contribution < 1.29 is 5.11 Å². The summed E-state index contributed by atoms with van der Waals surface area (Å²) in [6.07, 6.45) is 0.202. The first-order chi connectivity index (χ1) is 8.16. The van der Waals surface area contributed by atoms with Gasteiger partial charge in [0.2, 0.25) is 0 Å². The molecule has 2 heteroatoms. The van der Waals surface area contributed by atoms with Crippen molar-refractivity contribution in [3.8, 4) is 0 Å². The van der Waals surface area contributed by atoms with Gasteiger partial charge in [0.15, 0.2) is 0 Å². The highest BCUT2D eigenvalue weighted by atomic mass is 79.9. The second kappa shape index (κ2) is 5.48. The van der Waals surface area contributed by atoms with E-state index in [-0.39, 0.29) is 0 Å². The van der Waals surface area contributed by atoms with Gasteiger partial charge in [-0.05, 0) is 35.7 Å². The molecule has 0 heterocycles. The van der Waals surface area contributed by atoms with Crippen LogP contribution in [0.5, 0.6) is 0 Å². The van der Waals surface area contributed by atoms with E-state index in [2.05, 4.69) is 15.9 Å². The number of rotatable bonds is 3. The fraction of sp³-hybridized carbons (Fsp3) is 0.200. The van der Waals surface area contributed by atoms with Crippen LogP contribution in [0.2, 0.25) is 0 Å². The number of aliphatic hydroxyl groups excluding tert-OH is 1. The van der Waals surface area contributed by atoms with Crippen molar-refractivity contribution in [3.63, 3.8) is 0 Å². The molecule has 1 N–H and O–H groups in total. The van der Waals surface area contributed by atoms with Gasteiger partial charge in [-0.1, -0.05) is 52.3 Å². The Labute approximate surface area is 110 Å². The van der Waals surface area contributed by atoms with Crippen molar-refractivity contribution in [3.05, 3.63) is 69.7 Å². The van der Waals surface area contributed by atoms with Crippen LogP contribution in [0.15, 0.2) is 53.0 Å². The molecule has 1 unspecified atom stereocenters. The third-order valence-corrected chi connectivity index (χ3v) is 3.37. The molecule has 1 atom stereocenters. The molecule has 0 aromatic heterocycles. The maximum atomic E-state index is 10.3. The van der Waals surface area contributed by atoms with E-state index in [1.54, 1.807) is 0 Å². The van der Waals surface area contributed by atoms with Gasteiger partial charge < -0.3 is 5.11 Å². The lowest BCUT2D eigenvalue weighted by Gasteiger charge is -2.14. The van der Waals surface area contributed by atoms with E-state index in [9.17, 15) is 5.11 Å². The maximum Gasteiger partial charge on any atom is 0.0833 e. The quantitative estimate of drug-likeness (QED) is 0.905. The van der Waals surface area contributed by atoms with Crippen LogP contribution in [0.1, 0.15) is 22.8 Å². The lowest BCUT2D eigenvalue weighted by Crippen LogP contribution is -2.03. The van der Waals surface area contributed by atoms with Gasteiger partial charge in [0, 0.05) is 10.9 Å². The largest absolute Gasteiger partial charge is 0.388 e. The van der Waals surface area contributed by atoms with Crippen LogP contribution in [0.4, 0.5) is 0 Å². The van der Waals surface area contributed by atoms with Crippen LogP contribution < -0.4 is 0 Å². The molecule has 0 aliphatic rings. The van der Waals surface area contributed by atoms with Crippen molar-refractivity contribution in [2.75, 3.05) is 0 Å². The summed E-state index contributed by atoms with van der Waals surface area (Å²) >= 11 is 3.44. The fourth-order valence-corrected chi connectivity index (χ4v) is 2.30. The molecule has 0 fully saturated rings. The second-order valence-corrected chi connectivity index (χ2v) is 5.12. The maximum absolute atomic E-state index is 10.3. The highest BCUT2D eigenvalue weighted by Crippen LogP contribution is 2.24. The molecule has 0 bridgehead atoms. The smallest absolute Gasteiger partial charge is 0.0833 e. The van der Waals surface area contributed by atoms with E-state index in [1.807, 2.05) is 55.5 Å². The van der Waals surface area contributed by atoms with Gasteiger partial charge in [-0.25, -0.2) is 0 Å². The number of aliphatic hydroxyl groups is 1. The SMILES string of the molecule is Cc1ccc(Br)cc1C(O)Cc1ccccc1. The van der Waals surface area contributed by atoms with E-state index in [0.717, 1.165) is 21.2 Å². The summed E-state index contributed by atoms with van der Waals surface area (Å²) in [4.78, 5) is 0. The van der Waals surface area contributed by atoms with E-state index in [4.69, 9.17) is 0 Å². The van der Waals surface area contributed by atoms with Crippen molar-refractivity contribution in [1.82, 2.24) is 0 Å². The summed E-state index contributed by atoms with van der Waals surface area (Å²) in [6, 6.07) is 16.1. The van der Waals surface area contributed by atoms with Gasteiger partial charge in [-0.15, -0.1) is 0 Å². The molecule has 0 saturated heterocycles. The van der Waals surface area contributed by atoms with Crippen LogP contribution in [0.3, 0.4) is 0 Å². The Bertz CT molecular complexity index is 494.